The van der Waals surface area contributed by atoms with Gasteiger partial charge in [0.05, 0.1) is 13.2 Å². The molecular formula is C14H30N2O. The lowest BCUT2D eigenvalue weighted by Crippen LogP contribution is -2.41. The van der Waals surface area contributed by atoms with E-state index in [1.165, 1.54) is 19.3 Å². The largest absolute Gasteiger partial charge is 0.379 e. The average molecular weight is 242 g/mol. The normalized spacial score (nSPS) is 29.8. The molecule has 0 spiro atoms. The summed E-state index contributed by atoms with van der Waals surface area (Å²) >= 11 is 0. The third-order valence-corrected chi connectivity index (χ3v) is 3.79. The van der Waals surface area contributed by atoms with Gasteiger partial charge in [-0.2, -0.15) is 0 Å². The first-order chi connectivity index (χ1) is 8.09. The van der Waals surface area contributed by atoms with E-state index in [-0.39, 0.29) is 0 Å². The quantitative estimate of drug-likeness (QED) is 0.691. The smallest absolute Gasteiger partial charge is 0.0593 e. The van der Waals surface area contributed by atoms with Crippen molar-refractivity contribution in [2.75, 3.05) is 40.4 Å². The van der Waals surface area contributed by atoms with Crippen LogP contribution in [0.4, 0.5) is 0 Å². The number of hydrogen-bond donors (Lipinski definition) is 1. The Bertz CT molecular complexity index is 197. The zero-order valence-corrected chi connectivity index (χ0v) is 12.0. The Balaban J connectivity index is 2.01. The fraction of sp³-hybridized carbons (Fsp3) is 1.00. The Morgan fingerprint density at radius 2 is 1.94 bits per heavy atom. The van der Waals surface area contributed by atoms with Gasteiger partial charge < -0.3 is 15.0 Å². The number of nitrogens with one attached hydrogen (secondary N) is 1. The number of rotatable bonds is 7. The van der Waals surface area contributed by atoms with Crippen LogP contribution in [0.15, 0.2) is 0 Å². The maximum Gasteiger partial charge on any atom is 0.0593 e. The minimum atomic E-state index is 0.705. The number of hydrogen-bond acceptors (Lipinski definition) is 3. The summed E-state index contributed by atoms with van der Waals surface area (Å²) in [5.41, 5.74) is 0. The van der Waals surface area contributed by atoms with Crippen molar-refractivity contribution >= 4 is 0 Å². The van der Waals surface area contributed by atoms with Gasteiger partial charge in [0.2, 0.25) is 0 Å². The Hall–Kier alpha value is -0.120. The van der Waals surface area contributed by atoms with E-state index in [1.807, 2.05) is 0 Å². The molecule has 0 bridgehead atoms. The first-order valence-corrected chi connectivity index (χ1v) is 7.05. The van der Waals surface area contributed by atoms with Gasteiger partial charge in [-0.3, -0.25) is 0 Å². The van der Waals surface area contributed by atoms with Gasteiger partial charge in [0.1, 0.15) is 0 Å². The van der Waals surface area contributed by atoms with Gasteiger partial charge in [0.15, 0.2) is 0 Å². The van der Waals surface area contributed by atoms with Gasteiger partial charge in [0.25, 0.3) is 0 Å². The molecular weight excluding hydrogens is 212 g/mol. The molecule has 3 nitrogen and oxygen atoms in total. The second-order valence-electron chi connectivity index (χ2n) is 5.87. The number of ether oxygens (including phenoxy) is 1. The highest BCUT2D eigenvalue weighted by Gasteiger charge is 2.24. The summed E-state index contributed by atoms with van der Waals surface area (Å²) in [4.78, 5) is 2.15. The van der Waals surface area contributed by atoms with Crippen molar-refractivity contribution in [3.05, 3.63) is 0 Å². The van der Waals surface area contributed by atoms with Gasteiger partial charge in [-0.05, 0) is 38.8 Å². The molecule has 0 radical (unpaired) electrons. The Kier molecular flexibility index (Phi) is 7.09. The standard InChI is InChI=1S/C14H30N2O/c1-12-5-6-13(2)14(11-12)15-7-9-17-10-8-16(3)4/h12-15H,5-11H2,1-4H3. The molecule has 0 saturated heterocycles. The second kappa shape index (κ2) is 8.06. The van der Waals surface area contributed by atoms with Crippen LogP contribution in [0.3, 0.4) is 0 Å². The van der Waals surface area contributed by atoms with Crippen molar-refractivity contribution in [2.45, 2.75) is 39.2 Å². The van der Waals surface area contributed by atoms with Crippen LogP contribution in [0.1, 0.15) is 33.1 Å². The third kappa shape index (κ3) is 6.39. The van der Waals surface area contributed by atoms with Crippen LogP contribution in [0.2, 0.25) is 0 Å². The van der Waals surface area contributed by atoms with E-state index in [2.05, 4.69) is 38.2 Å². The summed E-state index contributed by atoms with van der Waals surface area (Å²) in [5.74, 6) is 1.71. The van der Waals surface area contributed by atoms with E-state index in [1.54, 1.807) is 0 Å². The molecule has 0 aromatic rings. The van der Waals surface area contributed by atoms with E-state index < -0.39 is 0 Å². The van der Waals surface area contributed by atoms with Crippen molar-refractivity contribution in [3.63, 3.8) is 0 Å². The lowest BCUT2D eigenvalue weighted by molar-refractivity contribution is 0.112. The van der Waals surface area contributed by atoms with E-state index >= 15 is 0 Å². The zero-order chi connectivity index (χ0) is 12.7. The van der Waals surface area contributed by atoms with Crippen molar-refractivity contribution in [1.82, 2.24) is 10.2 Å². The highest BCUT2D eigenvalue weighted by atomic mass is 16.5. The van der Waals surface area contributed by atoms with Gasteiger partial charge in [-0.15, -0.1) is 0 Å². The fourth-order valence-electron chi connectivity index (χ4n) is 2.48. The molecule has 3 heteroatoms. The van der Waals surface area contributed by atoms with Crippen molar-refractivity contribution in [3.8, 4) is 0 Å². The molecule has 0 aromatic heterocycles. The molecule has 17 heavy (non-hydrogen) atoms. The molecule has 0 aromatic carbocycles. The van der Waals surface area contributed by atoms with Crippen LogP contribution in [0.25, 0.3) is 0 Å². The van der Waals surface area contributed by atoms with Crippen molar-refractivity contribution in [1.29, 1.82) is 0 Å². The monoisotopic (exact) mass is 242 g/mol. The molecule has 1 N–H and O–H groups in total. The lowest BCUT2D eigenvalue weighted by atomic mass is 9.80. The summed E-state index contributed by atoms with van der Waals surface area (Å²) < 4.78 is 5.59. The maximum absolute atomic E-state index is 5.59. The molecule has 1 saturated carbocycles. The molecule has 0 amide bonds. The van der Waals surface area contributed by atoms with Crippen LogP contribution in [-0.4, -0.2) is 51.3 Å². The van der Waals surface area contributed by atoms with Crippen LogP contribution in [0, 0.1) is 11.8 Å². The van der Waals surface area contributed by atoms with E-state index in [4.69, 9.17) is 4.74 Å². The molecule has 0 aliphatic heterocycles. The predicted octanol–water partition coefficient (Wildman–Crippen LogP) is 1.98. The Morgan fingerprint density at radius 3 is 2.65 bits per heavy atom. The summed E-state index contributed by atoms with van der Waals surface area (Å²) in [6.07, 6.45) is 4.11. The summed E-state index contributed by atoms with van der Waals surface area (Å²) in [6.45, 7) is 8.42. The van der Waals surface area contributed by atoms with E-state index in [0.717, 1.165) is 38.1 Å². The van der Waals surface area contributed by atoms with Gasteiger partial charge in [0, 0.05) is 19.1 Å². The molecule has 102 valence electrons. The minimum absolute atomic E-state index is 0.705. The van der Waals surface area contributed by atoms with E-state index in [0.29, 0.717) is 6.04 Å². The van der Waals surface area contributed by atoms with Crippen LogP contribution >= 0.6 is 0 Å². The highest BCUT2D eigenvalue weighted by molar-refractivity contribution is 4.81. The minimum Gasteiger partial charge on any atom is -0.379 e. The molecule has 3 unspecified atom stereocenters. The number of likely N-dealkylation sites (N-methyl/N-ethyl adjacent to an activating group) is 1. The maximum atomic E-state index is 5.59. The topological polar surface area (TPSA) is 24.5 Å². The Morgan fingerprint density at radius 1 is 1.18 bits per heavy atom. The van der Waals surface area contributed by atoms with Crippen molar-refractivity contribution < 1.29 is 4.74 Å². The first kappa shape index (κ1) is 14.9. The van der Waals surface area contributed by atoms with Gasteiger partial charge in [-0.1, -0.05) is 20.3 Å². The van der Waals surface area contributed by atoms with Gasteiger partial charge in [-0.25, -0.2) is 0 Å². The SMILES string of the molecule is CC1CCC(C)C(NCCOCCN(C)C)C1. The lowest BCUT2D eigenvalue weighted by Gasteiger charge is -2.33. The summed E-state index contributed by atoms with van der Waals surface area (Å²) in [7, 11) is 4.15. The molecule has 1 aliphatic rings. The number of nitrogens with zero attached hydrogens (tertiary/aromatic N) is 1. The zero-order valence-electron chi connectivity index (χ0n) is 12.0. The highest BCUT2D eigenvalue weighted by Crippen LogP contribution is 2.28. The average Bonchev–Trinajstić information content (AvgIpc) is 2.27. The Labute approximate surface area is 107 Å². The van der Waals surface area contributed by atoms with Crippen LogP contribution in [-0.2, 0) is 4.74 Å². The summed E-state index contributed by atoms with van der Waals surface area (Å²) in [6, 6.07) is 0.705. The fourth-order valence-corrected chi connectivity index (χ4v) is 2.48. The second-order valence-corrected chi connectivity index (χ2v) is 5.87. The molecule has 1 fully saturated rings. The summed E-state index contributed by atoms with van der Waals surface area (Å²) in [5, 5.41) is 3.65. The predicted molar refractivity (Wildman–Crippen MR) is 73.3 cm³/mol. The van der Waals surface area contributed by atoms with E-state index in [9.17, 15) is 0 Å². The molecule has 1 rings (SSSR count). The van der Waals surface area contributed by atoms with Crippen LogP contribution < -0.4 is 5.32 Å². The molecule has 3 atom stereocenters. The van der Waals surface area contributed by atoms with Gasteiger partial charge >= 0.3 is 0 Å². The first-order valence-electron chi connectivity index (χ1n) is 7.05. The third-order valence-electron chi connectivity index (χ3n) is 3.79. The van der Waals surface area contributed by atoms with Crippen molar-refractivity contribution in [2.24, 2.45) is 11.8 Å². The molecule has 0 heterocycles. The van der Waals surface area contributed by atoms with Crippen LogP contribution in [0.5, 0.6) is 0 Å². The molecule has 1 aliphatic carbocycles.